The molecular formula is C13H21N3O3S. The topological polar surface area (TPSA) is 106 Å². The van der Waals surface area contributed by atoms with Crippen molar-refractivity contribution in [2.45, 2.75) is 31.6 Å². The van der Waals surface area contributed by atoms with Gasteiger partial charge in [-0.3, -0.25) is 4.79 Å². The minimum Gasteiger partial charge on any atom is -0.399 e. The Morgan fingerprint density at radius 3 is 2.50 bits per heavy atom. The summed E-state index contributed by atoms with van der Waals surface area (Å²) in [6.45, 7) is 3.58. The average Bonchev–Trinajstić information content (AvgIpc) is 2.33. The van der Waals surface area contributed by atoms with Gasteiger partial charge < -0.3 is 11.5 Å². The number of nitrogens with two attached hydrogens (primary N) is 2. The maximum absolute atomic E-state index is 12.6. The molecule has 112 valence electrons. The number of amides is 1. The highest BCUT2D eigenvalue weighted by molar-refractivity contribution is 7.89. The second-order valence-electron chi connectivity index (χ2n) is 4.68. The molecular weight excluding hydrogens is 278 g/mol. The predicted molar refractivity (Wildman–Crippen MR) is 78.5 cm³/mol. The highest BCUT2D eigenvalue weighted by Gasteiger charge is 2.26. The molecule has 0 saturated carbocycles. The van der Waals surface area contributed by atoms with Crippen LogP contribution in [-0.2, 0) is 14.8 Å². The molecule has 0 aliphatic carbocycles. The number of benzene rings is 1. The molecule has 1 rings (SSSR count). The average molecular weight is 299 g/mol. The Labute approximate surface area is 119 Å². The maximum atomic E-state index is 12.6. The summed E-state index contributed by atoms with van der Waals surface area (Å²) in [5, 5.41) is 0. The Hall–Kier alpha value is -1.60. The van der Waals surface area contributed by atoms with E-state index in [1.165, 1.54) is 12.1 Å². The molecule has 0 aliphatic heterocycles. The second kappa shape index (κ2) is 6.71. The van der Waals surface area contributed by atoms with Crippen LogP contribution in [0.2, 0.25) is 0 Å². The molecule has 20 heavy (non-hydrogen) atoms. The van der Waals surface area contributed by atoms with Crippen LogP contribution >= 0.6 is 0 Å². The Morgan fingerprint density at radius 1 is 1.35 bits per heavy atom. The number of anilines is 1. The van der Waals surface area contributed by atoms with Crippen molar-refractivity contribution in [3.8, 4) is 0 Å². The lowest BCUT2D eigenvalue weighted by molar-refractivity contribution is -0.118. The number of aryl methyl sites for hydroxylation is 1. The van der Waals surface area contributed by atoms with Crippen LogP contribution in [0.1, 0.15) is 25.3 Å². The van der Waals surface area contributed by atoms with Gasteiger partial charge in [-0.05, 0) is 37.1 Å². The van der Waals surface area contributed by atoms with Crippen LogP contribution in [0, 0.1) is 6.92 Å². The number of primary amides is 1. The van der Waals surface area contributed by atoms with E-state index in [9.17, 15) is 13.2 Å². The van der Waals surface area contributed by atoms with Crippen LogP contribution in [0.4, 0.5) is 5.69 Å². The first-order valence-electron chi connectivity index (χ1n) is 6.43. The zero-order valence-corrected chi connectivity index (χ0v) is 12.6. The minimum atomic E-state index is -3.74. The van der Waals surface area contributed by atoms with Gasteiger partial charge in [-0.15, -0.1) is 0 Å². The molecule has 0 heterocycles. The standard InChI is InChI=1S/C13H21N3O3S/c1-3-4-7-16(9-13(15)17)20(18,19)12-6-5-11(14)8-10(12)2/h5-6,8H,3-4,7,9,14H2,1-2H3,(H2,15,17). The van der Waals surface area contributed by atoms with E-state index in [1.54, 1.807) is 13.0 Å². The first kappa shape index (κ1) is 16.5. The van der Waals surface area contributed by atoms with Crippen molar-refractivity contribution in [1.29, 1.82) is 0 Å². The number of carbonyl (C=O) groups is 1. The van der Waals surface area contributed by atoms with E-state index >= 15 is 0 Å². The Kier molecular flexibility index (Phi) is 5.52. The lowest BCUT2D eigenvalue weighted by Gasteiger charge is -2.21. The zero-order valence-electron chi connectivity index (χ0n) is 11.8. The molecule has 1 aromatic rings. The molecule has 0 spiro atoms. The van der Waals surface area contributed by atoms with E-state index < -0.39 is 15.9 Å². The van der Waals surface area contributed by atoms with Gasteiger partial charge in [0.05, 0.1) is 11.4 Å². The molecule has 0 unspecified atom stereocenters. The van der Waals surface area contributed by atoms with Gasteiger partial charge in [0.2, 0.25) is 15.9 Å². The second-order valence-corrected chi connectivity index (χ2v) is 6.59. The van der Waals surface area contributed by atoms with Crippen molar-refractivity contribution >= 4 is 21.6 Å². The van der Waals surface area contributed by atoms with Gasteiger partial charge in [-0.25, -0.2) is 8.42 Å². The number of carbonyl (C=O) groups excluding carboxylic acids is 1. The van der Waals surface area contributed by atoms with Crippen LogP contribution in [-0.4, -0.2) is 31.7 Å². The van der Waals surface area contributed by atoms with E-state index in [-0.39, 0.29) is 18.0 Å². The highest BCUT2D eigenvalue weighted by atomic mass is 32.2. The summed E-state index contributed by atoms with van der Waals surface area (Å²) in [4.78, 5) is 11.2. The lowest BCUT2D eigenvalue weighted by Crippen LogP contribution is -2.39. The lowest BCUT2D eigenvalue weighted by atomic mass is 10.2. The van der Waals surface area contributed by atoms with Crippen molar-refractivity contribution in [3.63, 3.8) is 0 Å². The van der Waals surface area contributed by atoms with Crippen molar-refractivity contribution in [1.82, 2.24) is 4.31 Å². The third-order valence-electron chi connectivity index (χ3n) is 2.91. The van der Waals surface area contributed by atoms with Crippen molar-refractivity contribution in [3.05, 3.63) is 23.8 Å². The zero-order chi connectivity index (χ0) is 15.3. The van der Waals surface area contributed by atoms with Crippen LogP contribution in [0.3, 0.4) is 0 Å². The molecule has 0 bridgehead atoms. The predicted octanol–water partition coefficient (Wildman–Crippen LogP) is 0.853. The number of nitrogens with zero attached hydrogens (tertiary/aromatic N) is 1. The summed E-state index contributed by atoms with van der Waals surface area (Å²) >= 11 is 0. The van der Waals surface area contributed by atoms with Gasteiger partial charge in [0, 0.05) is 12.2 Å². The molecule has 0 atom stereocenters. The smallest absolute Gasteiger partial charge is 0.243 e. The fraction of sp³-hybridized carbons (Fsp3) is 0.462. The molecule has 0 fully saturated rings. The third kappa shape index (κ3) is 3.94. The van der Waals surface area contributed by atoms with Gasteiger partial charge in [0.1, 0.15) is 0 Å². The Balaban J connectivity index is 3.17. The van der Waals surface area contributed by atoms with E-state index in [1.807, 2.05) is 6.92 Å². The Morgan fingerprint density at radius 2 is 2.00 bits per heavy atom. The fourth-order valence-corrected chi connectivity index (χ4v) is 3.54. The number of sulfonamides is 1. The highest BCUT2D eigenvalue weighted by Crippen LogP contribution is 2.22. The van der Waals surface area contributed by atoms with E-state index in [4.69, 9.17) is 11.5 Å². The molecule has 0 aliphatic rings. The van der Waals surface area contributed by atoms with E-state index in [0.717, 1.165) is 10.7 Å². The van der Waals surface area contributed by atoms with Gasteiger partial charge in [0.15, 0.2) is 0 Å². The van der Waals surface area contributed by atoms with Crippen LogP contribution in [0.15, 0.2) is 23.1 Å². The summed E-state index contributed by atoms with van der Waals surface area (Å²) in [5.74, 6) is -0.669. The monoisotopic (exact) mass is 299 g/mol. The normalized spacial score (nSPS) is 11.8. The summed E-state index contributed by atoms with van der Waals surface area (Å²) in [6, 6.07) is 4.58. The quantitative estimate of drug-likeness (QED) is 0.728. The number of rotatable bonds is 7. The Bertz CT molecular complexity index is 585. The van der Waals surface area contributed by atoms with Crippen LogP contribution < -0.4 is 11.5 Å². The van der Waals surface area contributed by atoms with Crippen molar-refractivity contribution in [2.24, 2.45) is 5.73 Å². The summed E-state index contributed by atoms with van der Waals surface area (Å²) in [6.07, 6.45) is 1.49. The number of hydrogen-bond acceptors (Lipinski definition) is 4. The molecule has 6 nitrogen and oxygen atoms in total. The molecule has 4 N–H and O–H groups in total. The number of hydrogen-bond donors (Lipinski definition) is 2. The molecule has 0 radical (unpaired) electrons. The first-order valence-corrected chi connectivity index (χ1v) is 7.87. The SMILES string of the molecule is CCCCN(CC(N)=O)S(=O)(=O)c1ccc(N)cc1C. The largest absolute Gasteiger partial charge is 0.399 e. The number of unbranched alkanes of at least 4 members (excludes halogenated alkanes) is 1. The summed E-state index contributed by atoms with van der Waals surface area (Å²) in [5.41, 5.74) is 11.8. The van der Waals surface area contributed by atoms with E-state index in [0.29, 0.717) is 17.7 Å². The first-order chi connectivity index (χ1) is 9.28. The molecule has 0 saturated heterocycles. The maximum Gasteiger partial charge on any atom is 0.243 e. The summed E-state index contributed by atoms with van der Waals surface area (Å²) < 4.78 is 26.3. The fourth-order valence-electron chi connectivity index (χ4n) is 1.89. The minimum absolute atomic E-state index is 0.157. The third-order valence-corrected chi connectivity index (χ3v) is 4.92. The molecule has 7 heteroatoms. The van der Waals surface area contributed by atoms with Crippen molar-refractivity contribution in [2.75, 3.05) is 18.8 Å². The van der Waals surface area contributed by atoms with E-state index in [2.05, 4.69) is 0 Å². The van der Waals surface area contributed by atoms with Crippen LogP contribution in [0.5, 0.6) is 0 Å². The van der Waals surface area contributed by atoms with Crippen molar-refractivity contribution < 1.29 is 13.2 Å². The number of nitrogen functional groups attached to an aromatic ring is 1. The molecule has 0 aromatic heterocycles. The van der Waals surface area contributed by atoms with Gasteiger partial charge >= 0.3 is 0 Å². The van der Waals surface area contributed by atoms with Gasteiger partial charge in [-0.2, -0.15) is 4.31 Å². The van der Waals surface area contributed by atoms with Gasteiger partial charge in [0.25, 0.3) is 0 Å². The summed E-state index contributed by atoms with van der Waals surface area (Å²) in [7, 11) is -3.74. The van der Waals surface area contributed by atoms with Gasteiger partial charge in [-0.1, -0.05) is 13.3 Å². The molecule has 1 amide bonds. The van der Waals surface area contributed by atoms with Crippen LogP contribution in [0.25, 0.3) is 0 Å². The molecule has 1 aromatic carbocycles.